The van der Waals surface area contributed by atoms with Gasteiger partial charge in [0.15, 0.2) is 5.11 Å². The molecule has 1 saturated heterocycles. The van der Waals surface area contributed by atoms with E-state index in [1.165, 1.54) is 12.1 Å². The van der Waals surface area contributed by atoms with Gasteiger partial charge < -0.3 is 19.7 Å². The van der Waals surface area contributed by atoms with E-state index in [2.05, 4.69) is 15.3 Å². The first kappa shape index (κ1) is 22.1. The monoisotopic (exact) mass is 490 g/mol. The van der Waals surface area contributed by atoms with Crippen molar-refractivity contribution in [1.29, 1.82) is 0 Å². The first-order valence-corrected chi connectivity index (χ1v) is 11.3. The van der Waals surface area contributed by atoms with Gasteiger partial charge in [0.05, 0.1) is 34.6 Å². The molecule has 1 aromatic carbocycles. The normalized spacial score (nSPS) is 17.6. The van der Waals surface area contributed by atoms with Crippen molar-refractivity contribution >= 4 is 34.9 Å². The first-order valence-electron chi connectivity index (χ1n) is 10.5. The number of hydrogen-bond donors (Lipinski definition) is 2. The predicted molar refractivity (Wildman–Crippen MR) is 131 cm³/mol. The van der Waals surface area contributed by atoms with Gasteiger partial charge in [0, 0.05) is 18.0 Å². The van der Waals surface area contributed by atoms with Gasteiger partial charge >= 0.3 is 5.97 Å². The van der Waals surface area contributed by atoms with E-state index in [9.17, 15) is 9.90 Å². The minimum atomic E-state index is -1.04. The van der Waals surface area contributed by atoms with E-state index in [0.29, 0.717) is 33.8 Å². The second kappa shape index (κ2) is 9.24. The fourth-order valence-corrected chi connectivity index (χ4v) is 4.57. The van der Waals surface area contributed by atoms with Crippen LogP contribution < -0.4 is 5.32 Å². The third kappa shape index (κ3) is 4.25. The number of aromatic carboxylic acids is 1. The van der Waals surface area contributed by atoms with Gasteiger partial charge in [-0.05, 0) is 66.8 Å². The van der Waals surface area contributed by atoms with Crippen molar-refractivity contribution in [2.45, 2.75) is 18.6 Å². The molecule has 5 rings (SSSR count). The smallest absolute Gasteiger partial charge is 0.335 e. The zero-order valence-corrected chi connectivity index (χ0v) is 19.3. The van der Waals surface area contributed by atoms with Crippen LogP contribution in [0.4, 0.5) is 0 Å². The Balaban J connectivity index is 1.56. The summed E-state index contributed by atoms with van der Waals surface area (Å²) in [5.41, 5.74) is 2.32. The highest BCUT2D eigenvalue weighted by Gasteiger charge is 2.41. The Morgan fingerprint density at radius 3 is 2.59 bits per heavy atom. The van der Waals surface area contributed by atoms with E-state index in [1.807, 2.05) is 47.4 Å². The maximum absolute atomic E-state index is 11.4. The molecule has 0 spiro atoms. The number of nitrogens with one attached hydrogen (secondary N) is 1. The minimum absolute atomic E-state index is 0.129. The van der Waals surface area contributed by atoms with Crippen molar-refractivity contribution in [3.05, 3.63) is 107 Å². The molecule has 4 heterocycles. The summed E-state index contributed by atoms with van der Waals surface area (Å²) in [6.45, 7) is 0.478. The average Bonchev–Trinajstić information content (AvgIpc) is 3.45. The molecule has 9 heteroatoms. The van der Waals surface area contributed by atoms with Crippen LogP contribution in [0, 0.1) is 0 Å². The summed E-state index contributed by atoms with van der Waals surface area (Å²) in [6, 6.07) is 19.1. The van der Waals surface area contributed by atoms with Crippen LogP contribution >= 0.6 is 23.8 Å². The fourth-order valence-electron chi connectivity index (χ4n) is 4.05. The van der Waals surface area contributed by atoms with Gasteiger partial charge in [-0.15, -0.1) is 0 Å². The van der Waals surface area contributed by atoms with Crippen LogP contribution in [0.15, 0.2) is 83.5 Å². The standard InChI is InChI=1S/C25H19ClN4O3S/c26-18-8-7-15(24(31)32)13-17(18)20-9-10-21(33-20)23-22(19-6-2-4-12-28-19)29-25(34)30(23)14-16-5-1-3-11-27-16/h1-13,22-23H,14H2,(H,29,34)(H,31,32)/t22-,23-/m0/s1. The quantitative estimate of drug-likeness (QED) is 0.353. The maximum Gasteiger partial charge on any atom is 0.335 e. The third-order valence-electron chi connectivity index (χ3n) is 5.65. The number of halogens is 1. The number of thiocarbonyl (C=S) groups is 1. The van der Waals surface area contributed by atoms with Crippen molar-refractivity contribution in [2.24, 2.45) is 0 Å². The zero-order valence-electron chi connectivity index (χ0n) is 17.8. The highest BCUT2D eigenvalue weighted by Crippen LogP contribution is 2.41. The molecule has 0 radical (unpaired) electrons. The van der Waals surface area contributed by atoms with E-state index in [4.69, 9.17) is 28.2 Å². The topological polar surface area (TPSA) is 91.5 Å². The van der Waals surface area contributed by atoms with Crippen LogP contribution in [0.5, 0.6) is 0 Å². The zero-order chi connectivity index (χ0) is 23.7. The molecule has 1 fully saturated rings. The molecule has 0 aliphatic carbocycles. The van der Waals surface area contributed by atoms with E-state index < -0.39 is 5.97 Å². The Morgan fingerprint density at radius 2 is 1.88 bits per heavy atom. The number of rotatable bonds is 6. The van der Waals surface area contributed by atoms with Crippen molar-refractivity contribution in [1.82, 2.24) is 20.2 Å². The number of furan rings is 1. The molecule has 2 atom stereocenters. The summed E-state index contributed by atoms with van der Waals surface area (Å²) in [7, 11) is 0. The second-order valence-corrected chi connectivity index (χ2v) is 8.57. The summed E-state index contributed by atoms with van der Waals surface area (Å²) >= 11 is 12.1. The van der Waals surface area contributed by atoms with Crippen LogP contribution in [0.1, 0.15) is 39.6 Å². The lowest BCUT2D eigenvalue weighted by Gasteiger charge is -2.25. The van der Waals surface area contributed by atoms with Crippen molar-refractivity contribution in [3.8, 4) is 11.3 Å². The molecule has 0 unspecified atom stereocenters. The number of aromatic nitrogens is 2. The van der Waals surface area contributed by atoms with Crippen LogP contribution in [0.25, 0.3) is 11.3 Å². The van der Waals surface area contributed by atoms with Gasteiger partial charge in [0.1, 0.15) is 17.6 Å². The number of hydrogen-bond acceptors (Lipinski definition) is 5. The van der Waals surface area contributed by atoms with Gasteiger partial charge in [-0.2, -0.15) is 0 Å². The lowest BCUT2D eigenvalue weighted by Crippen LogP contribution is -2.29. The summed E-state index contributed by atoms with van der Waals surface area (Å²) in [4.78, 5) is 22.4. The second-order valence-electron chi connectivity index (χ2n) is 7.78. The van der Waals surface area contributed by atoms with Gasteiger partial charge in [-0.25, -0.2) is 4.79 Å². The van der Waals surface area contributed by atoms with Crippen molar-refractivity contribution < 1.29 is 14.3 Å². The number of carboxylic acids is 1. The number of benzene rings is 1. The first-order chi connectivity index (χ1) is 16.5. The summed E-state index contributed by atoms with van der Waals surface area (Å²) in [5, 5.41) is 13.7. The molecular weight excluding hydrogens is 472 g/mol. The summed E-state index contributed by atoms with van der Waals surface area (Å²) in [6.07, 6.45) is 3.48. The Kier molecular flexibility index (Phi) is 6.00. The molecule has 170 valence electrons. The molecule has 1 aliphatic rings. The molecule has 4 aromatic rings. The lowest BCUT2D eigenvalue weighted by atomic mass is 10.0. The van der Waals surface area contributed by atoms with Crippen LogP contribution in [-0.4, -0.2) is 31.1 Å². The van der Waals surface area contributed by atoms with E-state index in [-0.39, 0.29) is 17.6 Å². The van der Waals surface area contributed by atoms with Crippen molar-refractivity contribution in [2.75, 3.05) is 0 Å². The average molecular weight is 491 g/mol. The Morgan fingerprint density at radius 1 is 1.09 bits per heavy atom. The summed E-state index contributed by atoms with van der Waals surface area (Å²) < 4.78 is 6.27. The van der Waals surface area contributed by atoms with E-state index >= 15 is 0 Å². The lowest BCUT2D eigenvalue weighted by molar-refractivity contribution is 0.0697. The molecule has 0 amide bonds. The number of carbonyl (C=O) groups is 1. The SMILES string of the molecule is O=C(O)c1ccc(Cl)c(-c2ccc([C@H]3[C@H](c4ccccn4)NC(=S)N3Cc3ccccn3)o2)c1. The molecule has 0 bridgehead atoms. The van der Waals surface area contributed by atoms with Gasteiger partial charge in [-0.3, -0.25) is 9.97 Å². The Hall–Kier alpha value is -3.75. The number of nitrogens with zero attached hydrogens (tertiary/aromatic N) is 3. The minimum Gasteiger partial charge on any atom is -0.478 e. The predicted octanol–water partition coefficient (Wildman–Crippen LogP) is 5.26. The third-order valence-corrected chi connectivity index (χ3v) is 6.34. The van der Waals surface area contributed by atoms with Gasteiger partial charge in [-0.1, -0.05) is 23.7 Å². The highest BCUT2D eigenvalue weighted by atomic mass is 35.5. The van der Waals surface area contributed by atoms with Crippen molar-refractivity contribution in [3.63, 3.8) is 0 Å². The van der Waals surface area contributed by atoms with Gasteiger partial charge in [0.25, 0.3) is 0 Å². The van der Waals surface area contributed by atoms with E-state index in [1.54, 1.807) is 24.5 Å². The number of pyridine rings is 2. The fraction of sp³-hybridized carbons (Fsp3) is 0.120. The molecule has 3 aromatic heterocycles. The van der Waals surface area contributed by atoms with Crippen LogP contribution in [-0.2, 0) is 6.54 Å². The summed E-state index contributed by atoms with van der Waals surface area (Å²) in [5.74, 6) is 0.0796. The molecule has 1 aliphatic heterocycles. The Bertz CT molecular complexity index is 1350. The molecule has 2 N–H and O–H groups in total. The largest absolute Gasteiger partial charge is 0.478 e. The van der Waals surface area contributed by atoms with Crippen LogP contribution in [0.2, 0.25) is 5.02 Å². The van der Waals surface area contributed by atoms with Gasteiger partial charge in [0.2, 0.25) is 0 Å². The molecular formula is C25H19ClN4O3S. The highest BCUT2D eigenvalue weighted by molar-refractivity contribution is 7.80. The maximum atomic E-state index is 11.4. The number of carboxylic acid groups (broad SMARTS) is 1. The Labute approximate surface area is 206 Å². The molecule has 7 nitrogen and oxygen atoms in total. The van der Waals surface area contributed by atoms with E-state index in [0.717, 1.165) is 11.4 Å². The molecule has 0 saturated carbocycles. The van der Waals surface area contributed by atoms with Crippen LogP contribution in [0.3, 0.4) is 0 Å². The molecule has 34 heavy (non-hydrogen) atoms.